The maximum atomic E-state index is 13.1. The Hall–Kier alpha value is -4.90. The minimum absolute atomic E-state index is 0.187. The van der Waals surface area contributed by atoms with Crippen molar-refractivity contribution in [3.63, 3.8) is 0 Å². The lowest BCUT2D eigenvalue weighted by atomic mass is 10.0. The SMILES string of the molecule is COc1cc2n[nH]c(CN3CCCCC3COc3ccc4c(c3)CN(C3CCC(=O)NC3=O)C4=O)c2cc1OCc1ccccc1. The zero-order valence-corrected chi connectivity index (χ0v) is 25.8. The largest absolute Gasteiger partial charge is 0.493 e. The first kappa shape index (κ1) is 29.8. The predicted molar refractivity (Wildman–Crippen MR) is 169 cm³/mol. The van der Waals surface area contributed by atoms with E-state index >= 15 is 0 Å². The molecule has 2 atom stereocenters. The summed E-state index contributed by atoms with van der Waals surface area (Å²) in [4.78, 5) is 41.1. The second-order valence-corrected chi connectivity index (χ2v) is 12.1. The molecular formula is C35H37N5O6. The van der Waals surface area contributed by atoms with Gasteiger partial charge in [0.1, 0.15) is 25.0 Å². The summed E-state index contributed by atoms with van der Waals surface area (Å²) in [7, 11) is 1.63. The summed E-state index contributed by atoms with van der Waals surface area (Å²) in [5.74, 6) is 1.12. The number of benzene rings is 3. The molecule has 2 saturated heterocycles. The highest BCUT2D eigenvalue weighted by molar-refractivity contribution is 6.05. The number of methoxy groups -OCH3 is 1. The lowest BCUT2D eigenvalue weighted by Crippen LogP contribution is -2.52. The number of nitrogens with one attached hydrogen (secondary N) is 2. The monoisotopic (exact) mass is 623 g/mol. The lowest BCUT2D eigenvalue weighted by Gasteiger charge is -2.35. The number of carbonyl (C=O) groups excluding carboxylic acids is 3. The van der Waals surface area contributed by atoms with Gasteiger partial charge in [0.05, 0.1) is 18.3 Å². The number of likely N-dealkylation sites (tertiary alicyclic amines) is 1. The number of imide groups is 1. The summed E-state index contributed by atoms with van der Waals surface area (Å²) in [6.07, 6.45) is 3.82. The van der Waals surface area contributed by atoms with Gasteiger partial charge < -0.3 is 19.1 Å². The molecule has 2 N–H and O–H groups in total. The van der Waals surface area contributed by atoms with E-state index in [1.165, 1.54) is 0 Å². The van der Waals surface area contributed by atoms with Crippen LogP contribution in [0.2, 0.25) is 0 Å². The fourth-order valence-corrected chi connectivity index (χ4v) is 6.69. The molecular weight excluding hydrogens is 586 g/mol. The maximum absolute atomic E-state index is 13.1. The maximum Gasteiger partial charge on any atom is 0.255 e. The molecule has 3 aromatic carbocycles. The van der Waals surface area contributed by atoms with Crippen molar-refractivity contribution in [2.75, 3.05) is 20.3 Å². The first-order valence-electron chi connectivity index (χ1n) is 15.8. The lowest BCUT2D eigenvalue weighted by molar-refractivity contribution is -0.136. The number of carbonyl (C=O) groups is 3. The van der Waals surface area contributed by atoms with Crippen LogP contribution in [0.5, 0.6) is 17.2 Å². The van der Waals surface area contributed by atoms with Crippen molar-refractivity contribution in [2.24, 2.45) is 0 Å². The van der Waals surface area contributed by atoms with Gasteiger partial charge in [-0.1, -0.05) is 36.8 Å². The van der Waals surface area contributed by atoms with Crippen LogP contribution < -0.4 is 19.5 Å². The van der Waals surface area contributed by atoms with Crippen LogP contribution in [-0.2, 0) is 29.3 Å². The molecule has 3 aliphatic heterocycles. The summed E-state index contributed by atoms with van der Waals surface area (Å²) >= 11 is 0. The van der Waals surface area contributed by atoms with Crippen LogP contribution in [0.4, 0.5) is 0 Å². The number of hydrogen-bond donors (Lipinski definition) is 2. The fourth-order valence-electron chi connectivity index (χ4n) is 6.69. The molecule has 3 aliphatic rings. The average Bonchev–Trinajstić information content (AvgIpc) is 3.62. The molecule has 0 bridgehead atoms. The van der Waals surface area contributed by atoms with Gasteiger partial charge in [-0.3, -0.25) is 29.7 Å². The van der Waals surface area contributed by atoms with Gasteiger partial charge in [-0.15, -0.1) is 0 Å². The molecule has 11 heteroatoms. The first-order chi connectivity index (χ1) is 22.5. The van der Waals surface area contributed by atoms with Gasteiger partial charge in [-0.05, 0) is 61.2 Å². The van der Waals surface area contributed by atoms with E-state index in [0.29, 0.717) is 55.5 Å². The minimum atomic E-state index is -0.635. The number of piperidine rings is 2. The second kappa shape index (κ2) is 12.8. The van der Waals surface area contributed by atoms with Crippen molar-refractivity contribution in [1.82, 2.24) is 25.3 Å². The van der Waals surface area contributed by atoms with Gasteiger partial charge in [0.15, 0.2) is 11.5 Å². The van der Waals surface area contributed by atoms with Crippen molar-refractivity contribution < 1.29 is 28.6 Å². The molecule has 4 heterocycles. The van der Waals surface area contributed by atoms with Crippen LogP contribution >= 0.6 is 0 Å². The van der Waals surface area contributed by atoms with Crippen LogP contribution in [0, 0.1) is 0 Å². The van der Waals surface area contributed by atoms with Crippen molar-refractivity contribution in [3.05, 3.63) is 83.0 Å². The molecule has 46 heavy (non-hydrogen) atoms. The Morgan fingerprint density at radius 1 is 0.957 bits per heavy atom. The van der Waals surface area contributed by atoms with Crippen LogP contribution in [0.25, 0.3) is 10.9 Å². The normalized spacial score (nSPS) is 20.1. The standard InChI is InChI=1S/C35H37N5O6/c1-44-31-17-28-27(16-32(31)46-20-22-7-3-2-4-8-22)29(38-37-28)19-39-14-6-5-9-24(39)21-45-25-10-11-26-23(15-25)18-40(35(26)43)30-12-13-33(41)36-34(30)42/h2-4,7-8,10-11,15-17,24,30H,5-6,9,12-14,18-21H2,1H3,(H,37,38)(H,36,41,42). The molecule has 0 spiro atoms. The Morgan fingerprint density at radius 2 is 1.83 bits per heavy atom. The molecule has 11 nitrogen and oxygen atoms in total. The van der Waals surface area contributed by atoms with E-state index < -0.39 is 11.9 Å². The van der Waals surface area contributed by atoms with E-state index in [1.807, 2.05) is 54.6 Å². The Kier molecular flexibility index (Phi) is 8.32. The summed E-state index contributed by atoms with van der Waals surface area (Å²) in [6.45, 7) is 2.90. The van der Waals surface area contributed by atoms with E-state index in [-0.39, 0.29) is 24.3 Å². The van der Waals surface area contributed by atoms with Gasteiger partial charge in [-0.25, -0.2) is 0 Å². The number of hydrogen-bond acceptors (Lipinski definition) is 8. The Morgan fingerprint density at radius 3 is 2.65 bits per heavy atom. The first-order valence-corrected chi connectivity index (χ1v) is 15.8. The van der Waals surface area contributed by atoms with Crippen LogP contribution in [0.15, 0.2) is 60.7 Å². The highest BCUT2D eigenvalue weighted by Crippen LogP contribution is 2.35. The number of aromatic nitrogens is 2. The molecule has 0 saturated carbocycles. The minimum Gasteiger partial charge on any atom is -0.493 e. The molecule has 4 aromatic rings. The molecule has 2 unspecified atom stereocenters. The van der Waals surface area contributed by atoms with Crippen LogP contribution in [-0.4, -0.2) is 70.1 Å². The Balaban J connectivity index is 1.02. The van der Waals surface area contributed by atoms with Gasteiger partial charge in [0, 0.05) is 42.6 Å². The summed E-state index contributed by atoms with van der Waals surface area (Å²) in [5.41, 5.74) is 4.32. The molecule has 7 rings (SSSR count). The molecule has 3 amide bonds. The van der Waals surface area contributed by atoms with Crippen molar-refractivity contribution in [2.45, 2.75) is 63.9 Å². The number of ether oxygens (including phenoxy) is 3. The van der Waals surface area contributed by atoms with Crippen molar-refractivity contribution in [1.29, 1.82) is 0 Å². The van der Waals surface area contributed by atoms with Gasteiger partial charge in [0.25, 0.3) is 5.91 Å². The molecule has 1 aromatic heterocycles. The number of fused-ring (bicyclic) bond motifs is 2. The van der Waals surface area contributed by atoms with Crippen molar-refractivity contribution >= 4 is 28.6 Å². The second-order valence-electron chi connectivity index (χ2n) is 12.1. The highest BCUT2D eigenvalue weighted by Gasteiger charge is 2.39. The third-order valence-electron chi connectivity index (χ3n) is 9.20. The smallest absolute Gasteiger partial charge is 0.255 e. The zero-order chi connectivity index (χ0) is 31.6. The highest BCUT2D eigenvalue weighted by atomic mass is 16.5. The van der Waals surface area contributed by atoms with E-state index in [4.69, 9.17) is 14.2 Å². The van der Waals surface area contributed by atoms with Gasteiger partial charge in [0.2, 0.25) is 11.8 Å². The topological polar surface area (TPSA) is 126 Å². The van der Waals surface area contributed by atoms with E-state index in [0.717, 1.165) is 53.5 Å². The third kappa shape index (κ3) is 6.02. The predicted octanol–water partition coefficient (Wildman–Crippen LogP) is 4.35. The Bertz CT molecular complexity index is 1770. The molecule has 2 fully saturated rings. The number of H-pyrrole nitrogens is 1. The number of amides is 3. The van der Waals surface area contributed by atoms with E-state index in [9.17, 15) is 14.4 Å². The van der Waals surface area contributed by atoms with Gasteiger partial charge in [-0.2, -0.15) is 5.10 Å². The molecule has 238 valence electrons. The summed E-state index contributed by atoms with van der Waals surface area (Å²) in [5, 5.41) is 11.2. The van der Waals surface area contributed by atoms with Gasteiger partial charge >= 0.3 is 0 Å². The Labute approximate surface area is 266 Å². The third-order valence-corrected chi connectivity index (χ3v) is 9.20. The number of nitrogens with zero attached hydrogens (tertiary/aromatic N) is 3. The number of aromatic amines is 1. The van der Waals surface area contributed by atoms with Crippen LogP contribution in [0.1, 0.15) is 59.3 Å². The quantitative estimate of drug-likeness (QED) is 0.250. The summed E-state index contributed by atoms with van der Waals surface area (Å²) in [6, 6.07) is 19.0. The molecule has 0 radical (unpaired) electrons. The van der Waals surface area contributed by atoms with E-state index in [1.54, 1.807) is 18.1 Å². The van der Waals surface area contributed by atoms with Crippen LogP contribution in [0.3, 0.4) is 0 Å². The molecule has 0 aliphatic carbocycles. The summed E-state index contributed by atoms with van der Waals surface area (Å²) < 4.78 is 18.1. The van der Waals surface area contributed by atoms with E-state index in [2.05, 4.69) is 20.4 Å². The average molecular weight is 624 g/mol. The number of rotatable bonds is 10. The fraction of sp³-hybridized carbons (Fsp3) is 0.371. The van der Waals surface area contributed by atoms with Crippen molar-refractivity contribution in [3.8, 4) is 17.2 Å². The zero-order valence-electron chi connectivity index (χ0n) is 25.8.